The molecule has 1 aliphatic carbocycles. The van der Waals surface area contributed by atoms with Gasteiger partial charge in [0.1, 0.15) is 16.6 Å². The lowest BCUT2D eigenvalue weighted by Gasteiger charge is -2.28. The van der Waals surface area contributed by atoms with Crippen molar-refractivity contribution in [2.24, 2.45) is 11.7 Å². The number of thiocarbonyl (C=S) groups is 1. The van der Waals surface area contributed by atoms with Crippen LogP contribution in [0.15, 0.2) is 18.2 Å². The molecule has 0 aromatic heterocycles. The first-order valence-electron chi connectivity index (χ1n) is 6.33. The Morgan fingerprint density at radius 2 is 2.22 bits per heavy atom. The summed E-state index contributed by atoms with van der Waals surface area (Å²) in [4.78, 5) is 0.0481. The molecule has 0 amide bonds. The van der Waals surface area contributed by atoms with Crippen molar-refractivity contribution in [2.45, 2.75) is 38.7 Å². The van der Waals surface area contributed by atoms with Gasteiger partial charge in [0.05, 0.1) is 11.7 Å². The van der Waals surface area contributed by atoms with E-state index in [4.69, 9.17) is 22.7 Å². The maximum atomic E-state index is 13.7. The summed E-state index contributed by atoms with van der Waals surface area (Å²) in [5, 5.41) is 0. The third-order valence-electron chi connectivity index (χ3n) is 3.40. The van der Waals surface area contributed by atoms with Gasteiger partial charge >= 0.3 is 0 Å². The molecule has 0 spiro atoms. The molecule has 2 atom stereocenters. The predicted molar refractivity (Wildman–Crippen MR) is 74.3 cm³/mol. The van der Waals surface area contributed by atoms with Gasteiger partial charge in [-0.2, -0.15) is 0 Å². The van der Waals surface area contributed by atoms with Crippen LogP contribution in [0.25, 0.3) is 0 Å². The fourth-order valence-electron chi connectivity index (χ4n) is 2.51. The van der Waals surface area contributed by atoms with Crippen LogP contribution in [0.2, 0.25) is 0 Å². The molecule has 2 nitrogen and oxygen atoms in total. The van der Waals surface area contributed by atoms with Crippen LogP contribution >= 0.6 is 12.2 Å². The average Bonchev–Trinajstić information content (AvgIpc) is 2.28. The van der Waals surface area contributed by atoms with E-state index < -0.39 is 5.82 Å². The van der Waals surface area contributed by atoms with E-state index in [1.807, 2.05) is 0 Å². The predicted octanol–water partition coefficient (Wildman–Crippen LogP) is 3.42. The maximum absolute atomic E-state index is 13.7. The van der Waals surface area contributed by atoms with Crippen LogP contribution in [0.4, 0.5) is 4.39 Å². The Labute approximate surface area is 112 Å². The van der Waals surface area contributed by atoms with Crippen molar-refractivity contribution >= 4 is 17.2 Å². The third kappa shape index (κ3) is 2.99. The molecule has 98 valence electrons. The molecule has 1 aliphatic rings. The van der Waals surface area contributed by atoms with Crippen LogP contribution in [0, 0.1) is 11.7 Å². The van der Waals surface area contributed by atoms with Gasteiger partial charge in [-0.1, -0.05) is 31.6 Å². The van der Waals surface area contributed by atoms with Gasteiger partial charge in [0.25, 0.3) is 0 Å². The van der Waals surface area contributed by atoms with Crippen LogP contribution in [-0.4, -0.2) is 11.1 Å². The van der Waals surface area contributed by atoms with Crippen LogP contribution in [0.1, 0.15) is 38.2 Å². The van der Waals surface area contributed by atoms with Gasteiger partial charge in [-0.3, -0.25) is 0 Å². The largest absolute Gasteiger partial charge is 0.490 e. The second-order valence-electron chi connectivity index (χ2n) is 4.99. The quantitative estimate of drug-likeness (QED) is 0.852. The SMILES string of the molecule is CC1CCCC(Oc2cccc(F)c2C(N)=S)C1. The van der Waals surface area contributed by atoms with E-state index in [1.165, 1.54) is 12.5 Å². The standard InChI is InChI=1S/C14H18FNOS/c1-9-4-2-5-10(8-9)17-12-7-3-6-11(15)13(12)14(16)18/h3,6-7,9-10H,2,4-5,8H2,1H3,(H2,16,18). The highest BCUT2D eigenvalue weighted by Gasteiger charge is 2.22. The molecule has 1 fully saturated rings. The Morgan fingerprint density at radius 1 is 1.44 bits per heavy atom. The number of nitrogens with two attached hydrogens (primary N) is 1. The maximum Gasteiger partial charge on any atom is 0.137 e. The zero-order valence-corrected chi connectivity index (χ0v) is 11.3. The van der Waals surface area contributed by atoms with E-state index in [-0.39, 0.29) is 16.7 Å². The highest BCUT2D eigenvalue weighted by molar-refractivity contribution is 7.80. The lowest BCUT2D eigenvalue weighted by atomic mass is 9.88. The summed E-state index contributed by atoms with van der Waals surface area (Å²) in [6.45, 7) is 2.22. The first-order valence-corrected chi connectivity index (χ1v) is 6.73. The molecule has 1 saturated carbocycles. The van der Waals surface area contributed by atoms with Crippen molar-refractivity contribution in [3.05, 3.63) is 29.6 Å². The first-order chi connectivity index (χ1) is 8.58. The molecule has 0 radical (unpaired) electrons. The minimum atomic E-state index is -0.413. The Kier molecular flexibility index (Phi) is 4.17. The molecule has 1 aromatic carbocycles. The van der Waals surface area contributed by atoms with Crippen molar-refractivity contribution in [2.75, 3.05) is 0 Å². The summed E-state index contributed by atoms with van der Waals surface area (Å²) in [5.74, 6) is 0.719. The molecule has 2 rings (SSSR count). The number of halogens is 1. The van der Waals surface area contributed by atoms with E-state index in [9.17, 15) is 4.39 Å². The lowest BCUT2D eigenvalue weighted by Crippen LogP contribution is -2.25. The summed E-state index contributed by atoms with van der Waals surface area (Å²) in [7, 11) is 0. The molecule has 0 bridgehead atoms. The van der Waals surface area contributed by atoms with Crippen molar-refractivity contribution in [3.8, 4) is 5.75 Å². The Balaban J connectivity index is 2.18. The average molecular weight is 267 g/mol. The van der Waals surface area contributed by atoms with E-state index >= 15 is 0 Å². The molecule has 1 aromatic rings. The number of hydrogen-bond donors (Lipinski definition) is 1. The smallest absolute Gasteiger partial charge is 0.137 e. The molecule has 4 heteroatoms. The molecular weight excluding hydrogens is 249 g/mol. The van der Waals surface area contributed by atoms with E-state index in [2.05, 4.69) is 6.92 Å². The van der Waals surface area contributed by atoms with E-state index in [0.717, 1.165) is 19.3 Å². The number of rotatable bonds is 3. The van der Waals surface area contributed by atoms with Gasteiger partial charge in [0.2, 0.25) is 0 Å². The molecule has 2 N–H and O–H groups in total. The van der Waals surface area contributed by atoms with Crippen LogP contribution < -0.4 is 10.5 Å². The first kappa shape index (κ1) is 13.3. The van der Waals surface area contributed by atoms with Crippen molar-refractivity contribution in [3.63, 3.8) is 0 Å². The number of ether oxygens (including phenoxy) is 1. The molecule has 0 heterocycles. The summed E-state index contributed by atoms with van der Waals surface area (Å²) in [6.07, 6.45) is 4.56. The van der Waals surface area contributed by atoms with Crippen LogP contribution in [0.5, 0.6) is 5.75 Å². The zero-order valence-electron chi connectivity index (χ0n) is 10.5. The van der Waals surface area contributed by atoms with E-state index in [1.54, 1.807) is 12.1 Å². The Hall–Kier alpha value is -1.16. The molecule has 2 unspecified atom stereocenters. The molecule has 18 heavy (non-hydrogen) atoms. The van der Waals surface area contributed by atoms with Gasteiger partial charge < -0.3 is 10.5 Å². The second-order valence-corrected chi connectivity index (χ2v) is 5.43. The van der Waals surface area contributed by atoms with Crippen molar-refractivity contribution in [1.82, 2.24) is 0 Å². The van der Waals surface area contributed by atoms with Gasteiger partial charge in [0, 0.05) is 0 Å². The summed E-state index contributed by atoms with van der Waals surface area (Å²) in [5.41, 5.74) is 5.79. The topological polar surface area (TPSA) is 35.2 Å². The fraction of sp³-hybridized carbons (Fsp3) is 0.500. The summed E-state index contributed by atoms with van der Waals surface area (Å²) < 4.78 is 19.6. The normalized spacial score (nSPS) is 23.7. The molecule has 0 aliphatic heterocycles. The van der Waals surface area contributed by atoms with Crippen molar-refractivity contribution in [1.29, 1.82) is 0 Å². The molecule has 0 saturated heterocycles. The minimum Gasteiger partial charge on any atom is -0.490 e. The van der Waals surface area contributed by atoms with Crippen LogP contribution in [0.3, 0.4) is 0 Å². The highest BCUT2D eigenvalue weighted by atomic mass is 32.1. The van der Waals surface area contributed by atoms with E-state index in [0.29, 0.717) is 11.7 Å². The fourth-order valence-corrected chi connectivity index (χ4v) is 2.70. The van der Waals surface area contributed by atoms with Gasteiger partial charge in [-0.05, 0) is 37.3 Å². The summed E-state index contributed by atoms with van der Waals surface area (Å²) in [6, 6.07) is 4.71. The number of benzene rings is 1. The number of hydrogen-bond acceptors (Lipinski definition) is 2. The van der Waals surface area contributed by atoms with Crippen molar-refractivity contribution < 1.29 is 9.13 Å². The Bertz CT molecular complexity index is 449. The van der Waals surface area contributed by atoms with Crippen LogP contribution in [-0.2, 0) is 0 Å². The zero-order chi connectivity index (χ0) is 13.1. The highest BCUT2D eigenvalue weighted by Crippen LogP contribution is 2.29. The second kappa shape index (κ2) is 5.65. The summed E-state index contributed by atoms with van der Waals surface area (Å²) >= 11 is 4.89. The van der Waals surface area contributed by atoms with Gasteiger partial charge in [-0.15, -0.1) is 0 Å². The lowest BCUT2D eigenvalue weighted by molar-refractivity contribution is 0.128. The molecular formula is C14H18FNOS. The minimum absolute atomic E-state index is 0.0481. The monoisotopic (exact) mass is 267 g/mol. The Morgan fingerprint density at radius 3 is 2.89 bits per heavy atom. The van der Waals surface area contributed by atoms with Gasteiger partial charge in [0.15, 0.2) is 0 Å². The third-order valence-corrected chi connectivity index (χ3v) is 3.61. The van der Waals surface area contributed by atoms with Gasteiger partial charge in [-0.25, -0.2) is 4.39 Å².